The molecule has 19 heavy (non-hydrogen) atoms. The fourth-order valence-electron chi connectivity index (χ4n) is 2.52. The van der Waals surface area contributed by atoms with Crippen molar-refractivity contribution in [1.29, 1.82) is 0 Å². The van der Waals surface area contributed by atoms with Crippen molar-refractivity contribution < 1.29 is 4.52 Å². The summed E-state index contributed by atoms with van der Waals surface area (Å²) in [7, 11) is 2.16. The van der Waals surface area contributed by atoms with Crippen LogP contribution >= 0.6 is 11.3 Å². The predicted octanol–water partition coefficient (Wildman–Crippen LogP) is 2.59. The van der Waals surface area contributed by atoms with E-state index in [1.807, 2.05) is 6.07 Å². The van der Waals surface area contributed by atoms with E-state index >= 15 is 0 Å². The molecule has 0 spiro atoms. The van der Waals surface area contributed by atoms with Crippen LogP contribution in [0.2, 0.25) is 0 Å². The van der Waals surface area contributed by atoms with Crippen LogP contribution in [0.4, 0.5) is 0 Å². The Morgan fingerprint density at radius 3 is 3.26 bits per heavy atom. The summed E-state index contributed by atoms with van der Waals surface area (Å²) in [4.78, 5) is 3.50. The molecule has 0 bridgehead atoms. The number of likely N-dealkylation sites (N-methyl/N-ethyl adjacent to an activating group) is 1. The highest BCUT2D eigenvalue weighted by molar-refractivity contribution is 7.13. The van der Waals surface area contributed by atoms with Crippen LogP contribution in [0, 0.1) is 0 Å². The van der Waals surface area contributed by atoms with E-state index in [2.05, 4.69) is 39.9 Å². The Balaban J connectivity index is 1.63. The molecule has 2 aromatic heterocycles. The smallest absolute Gasteiger partial charge is 0.177 e. The lowest BCUT2D eigenvalue weighted by molar-refractivity contribution is 0.191. The van der Waals surface area contributed by atoms with E-state index in [1.54, 1.807) is 11.3 Å². The van der Waals surface area contributed by atoms with E-state index in [0.29, 0.717) is 6.04 Å². The summed E-state index contributed by atoms with van der Waals surface area (Å²) in [6, 6.07) is 6.75. The number of nitrogens with one attached hydrogen (secondary N) is 1. The van der Waals surface area contributed by atoms with Crippen molar-refractivity contribution in [1.82, 2.24) is 15.4 Å². The molecule has 1 saturated heterocycles. The Kier molecular flexibility index (Phi) is 3.96. The second-order valence-corrected chi connectivity index (χ2v) is 6.02. The molecule has 1 fully saturated rings. The summed E-state index contributed by atoms with van der Waals surface area (Å²) >= 11 is 1.68. The van der Waals surface area contributed by atoms with Gasteiger partial charge in [0, 0.05) is 25.2 Å². The number of rotatable bonds is 4. The Hall–Kier alpha value is -1.17. The Labute approximate surface area is 117 Å². The minimum atomic E-state index is 0.607. The number of nitrogens with zero attached hydrogens (tertiary/aromatic N) is 2. The van der Waals surface area contributed by atoms with Gasteiger partial charge in [0.25, 0.3) is 0 Å². The first-order chi connectivity index (χ1) is 9.33. The van der Waals surface area contributed by atoms with Crippen molar-refractivity contribution in [2.24, 2.45) is 0 Å². The Morgan fingerprint density at radius 1 is 1.58 bits per heavy atom. The van der Waals surface area contributed by atoms with Gasteiger partial charge in [-0.25, -0.2) is 0 Å². The first-order valence-corrected chi connectivity index (χ1v) is 7.61. The van der Waals surface area contributed by atoms with Crippen LogP contribution in [-0.4, -0.2) is 36.2 Å². The van der Waals surface area contributed by atoms with Crippen LogP contribution in [0.5, 0.6) is 0 Å². The summed E-state index contributed by atoms with van der Waals surface area (Å²) in [5.41, 5.74) is 1.01. The third-order valence-electron chi connectivity index (χ3n) is 3.63. The quantitative estimate of drug-likeness (QED) is 0.932. The number of aromatic nitrogens is 1. The zero-order valence-corrected chi connectivity index (χ0v) is 11.9. The highest BCUT2D eigenvalue weighted by Gasteiger charge is 2.19. The van der Waals surface area contributed by atoms with Crippen molar-refractivity contribution in [3.8, 4) is 10.6 Å². The molecule has 1 aliphatic rings. The lowest BCUT2D eigenvalue weighted by atomic mass is 10.1. The summed E-state index contributed by atoms with van der Waals surface area (Å²) in [5, 5.41) is 9.67. The second kappa shape index (κ2) is 5.86. The van der Waals surface area contributed by atoms with E-state index in [1.165, 1.54) is 12.8 Å². The maximum Gasteiger partial charge on any atom is 0.177 e. The van der Waals surface area contributed by atoms with Gasteiger partial charge in [0.05, 0.1) is 10.6 Å². The monoisotopic (exact) mass is 277 g/mol. The van der Waals surface area contributed by atoms with E-state index in [0.717, 1.165) is 36.0 Å². The van der Waals surface area contributed by atoms with Gasteiger partial charge in [-0.15, -0.1) is 11.3 Å². The molecule has 102 valence electrons. The van der Waals surface area contributed by atoms with Gasteiger partial charge in [-0.1, -0.05) is 11.2 Å². The van der Waals surface area contributed by atoms with Gasteiger partial charge in [-0.05, 0) is 37.9 Å². The molecule has 0 aromatic carbocycles. The maximum absolute atomic E-state index is 5.42. The van der Waals surface area contributed by atoms with Crippen molar-refractivity contribution >= 4 is 11.3 Å². The average molecular weight is 277 g/mol. The molecule has 1 N–H and O–H groups in total. The van der Waals surface area contributed by atoms with Crippen molar-refractivity contribution in [2.75, 3.05) is 20.1 Å². The van der Waals surface area contributed by atoms with Crippen LogP contribution in [-0.2, 0) is 6.54 Å². The molecule has 4 nitrogen and oxygen atoms in total. The number of thiophene rings is 1. The standard InChI is InChI=1S/C14H19N3OS/c1-17(12-4-2-6-15-9-12)10-11-8-13(18-16-11)14-5-3-7-19-14/h3,5,7-8,12,15H,2,4,6,9-10H2,1H3. The summed E-state index contributed by atoms with van der Waals surface area (Å²) in [5.74, 6) is 0.875. The van der Waals surface area contributed by atoms with Crippen LogP contribution in [0.15, 0.2) is 28.1 Å². The molecule has 0 saturated carbocycles. The summed E-state index contributed by atoms with van der Waals surface area (Å²) < 4.78 is 5.42. The van der Waals surface area contributed by atoms with Gasteiger partial charge in [-0.3, -0.25) is 4.90 Å². The van der Waals surface area contributed by atoms with E-state index in [4.69, 9.17) is 4.52 Å². The zero-order valence-electron chi connectivity index (χ0n) is 11.1. The molecule has 1 unspecified atom stereocenters. The van der Waals surface area contributed by atoms with Crippen molar-refractivity contribution in [2.45, 2.75) is 25.4 Å². The Morgan fingerprint density at radius 2 is 2.53 bits per heavy atom. The molecule has 3 heterocycles. The lowest BCUT2D eigenvalue weighted by Gasteiger charge is -2.30. The number of hydrogen-bond donors (Lipinski definition) is 1. The second-order valence-electron chi connectivity index (χ2n) is 5.08. The highest BCUT2D eigenvalue weighted by Crippen LogP contribution is 2.25. The van der Waals surface area contributed by atoms with Crippen molar-refractivity contribution in [3.05, 3.63) is 29.3 Å². The summed E-state index contributed by atoms with van der Waals surface area (Å²) in [6.07, 6.45) is 2.52. The molecule has 1 aliphatic heterocycles. The molecule has 2 aromatic rings. The van der Waals surface area contributed by atoms with Gasteiger partial charge >= 0.3 is 0 Å². The zero-order chi connectivity index (χ0) is 13.1. The fourth-order valence-corrected chi connectivity index (χ4v) is 3.19. The van der Waals surface area contributed by atoms with Crippen LogP contribution in [0.25, 0.3) is 10.6 Å². The van der Waals surface area contributed by atoms with E-state index in [9.17, 15) is 0 Å². The molecule has 0 radical (unpaired) electrons. The average Bonchev–Trinajstić information content (AvgIpc) is 3.10. The highest BCUT2D eigenvalue weighted by atomic mass is 32.1. The van der Waals surface area contributed by atoms with Crippen LogP contribution < -0.4 is 5.32 Å². The largest absolute Gasteiger partial charge is 0.355 e. The molecule has 0 amide bonds. The molecule has 1 atom stereocenters. The van der Waals surface area contributed by atoms with Gasteiger partial charge in [0.15, 0.2) is 5.76 Å². The summed E-state index contributed by atoms with van der Waals surface area (Å²) in [6.45, 7) is 3.07. The molecular formula is C14H19N3OS. The fraction of sp³-hybridized carbons (Fsp3) is 0.500. The van der Waals surface area contributed by atoms with Crippen LogP contribution in [0.1, 0.15) is 18.5 Å². The number of piperidine rings is 1. The van der Waals surface area contributed by atoms with Crippen LogP contribution in [0.3, 0.4) is 0 Å². The first-order valence-electron chi connectivity index (χ1n) is 6.73. The van der Waals surface area contributed by atoms with Gasteiger partial charge in [0.1, 0.15) is 0 Å². The molecule has 3 rings (SSSR count). The van der Waals surface area contributed by atoms with Gasteiger partial charge in [-0.2, -0.15) is 0 Å². The third-order valence-corrected chi connectivity index (χ3v) is 4.51. The van der Waals surface area contributed by atoms with E-state index in [-0.39, 0.29) is 0 Å². The lowest BCUT2D eigenvalue weighted by Crippen LogP contribution is -2.43. The SMILES string of the molecule is CN(Cc1cc(-c2cccs2)on1)C1CCCNC1. The predicted molar refractivity (Wildman–Crippen MR) is 77.2 cm³/mol. The first kappa shape index (κ1) is 12.8. The van der Waals surface area contributed by atoms with Gasteiger partial charge < -0.3 is 9.84 Å². The normalized spacial score (nSPS) is 20.0. The molecular weight excluding hydrogens is 258 g/mol. The minimum Gasteiger partial charge on any atom is -0.355 e. The maximum atomic E-state index is 5.42. The molecule has 0 aliphatic carbocycles. The minimum absolute atomic E-state index is 0.607. The van der Waals surface area contributed by atoms with E-state index < -0.39 is 0 Å². The molecule has 5 heteroatoms. The Bertz CT molecular complexity index is 503. The topological polar surface area (TPSA) is 41.3 Å². The third kappa shape index (κ3) is 3.05. The van der Waals surface area contributed by atoms with Gasteiger partial charge in [0.2, 0.25) is 0 Å². The number of hydrogen-bond acceptors (Lipinski definition) is 5. The van der Waals surface area contributed by atoms with Crippen molar-refractivity contribution in [3.63, 3.8) is 0 Å².